The molecule has 4 heteroatoms. The van der Waals surface area contributed by atoms with E-state index >= 15 is 0 Å². The minimum absolute atomic E-state index is 0.0598. The second-order valence-electron chi connectivity index (χ2n) is 5.40. The summed E-state index contributed by atoms with van der Waals surface area (Å²) in [4.78, 5) is 15.0. The van der Waals surface area contributed by atoms with Gasteiger partial charge in [0, 0.05) is 18.1 Å². The van der Waals surface area contributed by atoms with Crippen molar-refractivity contribution in [3.05, 3.63) is 71.9 Å². The quantitative estimate of drug-likeness (QED) is 0.778. The van der Waals surface area contributed by atoms with Crippen LogP contribution in [0.4, 0.5) is 0 Å². The highest BCUT2D eigenvalue weighted by Gasteiger charge is 2.22. The van der Waals surface area contributed by atoms with Crippen LogP contribution in [-0.4, -0.2) is 11.0 Å². The van der Waals surface area contributed by atoms with Gasteiger partial charge < -0.3 is 10.4 Å². The molecular weight excluding hydrogens is 288 g/mol. The average molecular weight is 307 g/mol. The number of benzene rings is 2. The zero-order valence-corrected chi connectivity index (χ0v) is 12.9. The first-order valence-corrected chi connectivity index (χ1v) is 7.67. The number of aromatic hydroxyl groups is 1. The molecule has 0 aliphatic rings. The number of fused-ring (bicyclic) bond motifs is 1. The molecule has 116 valence electrons. The van der Waals surface area contributed by atoms with Crippen molar-refractivity contribution in [1.29, 1.82) is 0 Å². The highest BCUT2D eigenvalue weighted by molar-refractivity contribution is 5.83. The molecule has 2 aromatic carbocycles. The van der Waals surface area contributed by atoms with E-state index in [9.17, 15) is 9.90 Å². The molecular formula is C19H19N2O2+. The summed E-state index contributed by atoms with van der Waals surface area (Å²) in [6, 6.07) is 16.9. The largest absolute Gasteiger partial charge is 0.502 e. The normalized spacial score (nSPS) is 12.0. The third-order valence-corrected chi connectivity index (χ3v) is 3.91. The first-order valence-electron chi connectivity index (χ1n) is 7.67. The molecule has 4 nitrogen and oxygen atoms in total. The number of nitrogens with one attached hydrogen (secondary N) is 2. The smallest absolute Gasteiger partial charge is 0.253 e. The molecule has 1 unspecified atom stereocenters. The maximum Gasteiger partial charge on any atom is 0.253 e. The third kappa shape index (κ3) is 3.01. The topological polar surface area (TPSA) is 63.5 Å². The summed E-state index contributed by atoms with van der Waals surface area (Å²) in [6.45, 7) is 1.81. The number of H-pyrrole nitrogens is 1. The van der Waals surface area contributed by atoms with Crippen molar-refractivity contribution in [3.63, 3.8) is 0 Å². The first kappa shape index (κ1) is 15.0. The van der Waals surface area contributed by atoms with Gasteiger partial charge in [-0.15, -0.1) is 0 Å². The van der Waals surface area contributed by atoms with Crippen LogP contribution in [-0.2, 0) is 4.79 Å². The molecule has 3 N–H and O–H groups in total. The molecule has 0 spiro atoms. The Labute approximate surface area is 134 Å². The fourth-order valence-corrected chi connectivity index (χ4v) is 2.68. The third-order valence-electron chi connectivity index (χ3n) is 3.91. The Bertz CT molecular complexity index is 831. The van der Waals surface area contributed by atoms with Gasteiger partial charge in [0.1, 0.15) is 0 Å². The van der Waals surface area contributed by atoms with Crippen LogP contribution >= 0.6 is 0 Å². The van der Waals surface area contributed by atoms with Gasteiger partial charge in [-0.3, -0.25) is 4.79 Å². The molecule has 0 fully saturated rings. The van der Waals surface area contributed by atoms with Gasteiger partial charge in [0.25, 0.3) is 5.52 Å². The number of amides is 1. The van der Waals surface area contributed by atoms with Crippen molar-refractivity contribution in [2.24, 2.45) is 0 Å². The molecule has 0 aliphatic carbocycles. The second kappa shape index (κ2) is 6.48. The van der Waals surface area contributed by atoms with Crippen molar-refractivity contribution in [2.45, 2.75) is 19.4 Å². The molecule has 0 saturated heterocycles. The van der Waals surface area contributed by atoms with E-state index in [-0.39, 0.29) is 17.7 Å². The fraction of sp³-hybridized carbons (Fsp3) is 0.158. The van der Waals surface area contributed by atoms with E-state index in [1.54, 1.807) is 6.20 Å². The molecule has 1 heterocycles. The van der Waals surface area contributed by atoms with Gasteiger partial charge >= 0.3 is 0 Å². The monoisotopic (exact) mass is 307 g/mol. The fourth-order valence-electron chi connectivity index (χ4n) is 2.68. The number of aromatic nitrogens is 1. The Morgan fingerprint density at radius 3 is 2.65 bits per heavy atom. The number of carbonyl (C=O) groups excluding carboxylic acids is 1. The van der Waals surface area contributed by atoms with E-state index < -0.39 is 0 Å². The van der Waals surface area contributed by atoms with Crippen LogP contribution in [0, 0.1) is 0 Å². The summed E-state index contributed by atoms with van der Waals surface area (Å²) in [5, 5.41) is 14.6. The van der Waals surface area contributed by atoms with Crippen molar-refractivity contribution in [2.75, 3.05) is 0 Å². The number of hydrogen-bond acceptors (Lipinski definition) is 2. The lowest BCUT2D eigenvalue weighted by Crippen LogP contribution is -2.28. The summed E-state index contributed by atoms with van der Waals surface area (Å²) in [7, 11) is 0. The number of phenols is 1. The Hall–Kier alpha value is -2.88. The van der Waals surface area contributed by atoms with Gasteiger partial charge in [-0.2, -0.15) is 0 Å². The maximum atomic E-state index is 11.9. The summed E-state index contributed by atoms with van der Waals surface area (Å²) in [5.41, 5.74) is 2.27. The molecule has 0 aliphatic heterocycles. The van der Waals surface area contributed by atoms with E-state index in [4.69, 9.17) is 0 Å². The molecule has 23 heavy (non-hydrogen) atoms. The van der Waals surface area contributed by atoms with Crippen molar-refractivity contribution in [3.8, 4) is 5.75 Å². The number of carbonyl (C=O) groups is 1. The predicted molar refractivity (Wildman–Crippen MR) is 88.9 cm³/mol. The van der Waals surface area contributed by atoms with Gasteiger partial charge in [0.15, 0.2) is 11.9 Å². The summed E-state index contributed by atoms with van der Waals surface area (Å²) < 4.78 is 0. The number of rotatable bonds is 4. The van der Waals surface area contributed by atoms with E-state index in [2.05, 4.69) is 10.3 Å². The molecule has 0 radical (unpaired) electrons. The Morgan fingerprint density at radius 2 is 1.91 bits per heavy atom. The molecule has 0 bridgehead atoms. The zero-order chi connectivity index (χ0) is 16.2. The summed E-state index contributed by atoms with van der Waals surface area (Å²) in [6.07, 6.45) is 2.16. The van der Waals surface area contributed by atoms with Crippen LogP contribution in [0.1, 0.15) is 30.5 Å². The Morgan fingerprint density at radius 1 is 1.13 bits per heavy atom. The van der Waals surface area contributed by atoms with Crippen LogP contribution in [0.2, 0.25) is 0 Å². The van der Waals surface area contributed by atoms with Gasteiger partial charge in [-0.05, 0) is 17.7 Å². The molecule has 1 aromatic heterocycles. The summed E-state index contributed by atoms with van der Waals surface area (Å²) >= 11 is 0. The average Bonchev–Trinajstić information content (AvgIpc) is 2.61. The summed E-state index contributed by atoms with van der Waals surface area (Å²) in [5.74, 6) is 0.101. The van der Waals surface area contributed by atoms with Crippen molar-refractivity contribution < 1.29 is 14.9 Å². The lowest BCUT2D eigenvalue weighted by molar-refractivity contribution is -0.345. The van der Waals surface area contributed by atoms with Crippen molar-refractivity contribution >= 4 is 16.8 Å². The number of hydrogen-bond donors (Lipinski definition) is 2. The lowest BCUT2D eigenvalue weighted by atomic mass is 9.96. The second-order valence-corrected chi connectivity index (χ2v) is 5.40. The van der Waals surface area contributed by atoms with Crippen LogP contribution in [0.5, 0.6) is 5.75 Å². The van der Waals surface area contributed by atoms with E-state index in [0.29, 0.717) is 17.5 Å². The van der Waals surface area contributed by atoms with Crippen molar-refractivity contribution in [1.82, 2.24) is 5.32 Å². The predicted octanol–water partition coefficient (Wildman–Crippen LogP) is 2.98. The van der Waals surface area contributed by atoms with E-state index in [0.717, 1.165) is 10.9 Å². The van der Waals surface area contributed by atoms with Gasteiger partial charge in [-0.1, -0.05) is 43.3 Å². The minimum atomic E-state index is -0.387. The molecule has 3 rings (SSSR count). The van der Waals surface area contributed by atoms with E-state index in [1.165, 1.54) is 0 Å². The van der Waals surface area contributed by atoms with Gasteiger partial charge in [0.05, 0.1) is 11.4 Å². The number of phenolic OH excluding ortho intramolecular Hbond substituents is 1. The highest BCUT2D eigenvalue weighted by atomic mass is 16.3. The van der Waals surface area contributed by atoms with Crippen LogP contribution in [0.15, 0.2) is 60.8 Å². The maximum absolute atomic E-state index is 11.9. The SMILES string of the molecule is CCC(=O)NC(c1ccccc1)c1ccc2ccc[nH+]c2c1O. The highest BCUT2D eigenvalue weighted by Crippen LogP contribution is 2.33. The zero-order valence-electron chi connectivity index (χ0n) is 12.9. The molecule has 1 atom stereocenters. The van der Waals surface area contributed by atoms with E-state index in [1.807, 2.05) is 61.5 Å². The molecule has 3 aromatic rings. The molecule has 1 amide bonds. The van der Waals surface area contributed by atoms with Crippen LogP contribution in [0.3, 0.4) is 0 Å². The Kier molecular flexibility index (Phi) is 4.24. The van der Waals surface area contributed by atoms with Gasteiger partial charge in [-0.25, -0.2) is 4.98 Å². The van der Waals surface area contributed by atoms with Crippen LogP contribution in [0.25, 0.3) is 10.9 Å². The first-order chi connectivity index (χ1) is 11.2. The number of aromatic amines is 1. The standard InChI is InChI=1S/C19H18N2O2/c1-2-16(22)21-17(13-7-4-3-5-8-13)15-11-10-14-9-6-12-20-18(14)19(15)23/h3-12,17,23H,2H2,1H3,(H,21,22)/p+1. The Balaban J connectivity index is 2.13. The van der Waals surface area contributed by atoms with Gasteiger partial charge in [0.2, 0.25) is 5.91 Å². The minimum Gasteiger partial charge on any atom is -0.502 e. The molecule has 0 saturated carbocycles. The van der Waals surface area contributed by atoms with Crippen LogP contribution < -0.4 is 10.3 Å². The lowest BCUT2D eigenvalue weighted by Gasteiger charge is -2.20. The number of pyridine rings is 1.